The second-order valence-corrected chi connectivity index (χ2v) is 4.29. The standard InChI is InChI=1S/C14H21NO3/c1-5-11(14(16)18-4)13(15)10-6-7-12(17-3)9(2)8-10/h6-8,11,13H,5,15H2,1-4H3. The molecule has 0 saturated heterocycles. The van der Waals surface area contributed by atoms with E-state index >= 15 is 0 Å². The normalized spacial score (nSPS) is 13.8. The minimum atomic E-state index is -0.355. The van der Waals surface area contributed by atoms with Crippen molar-refractivity contribution in [3.63, 3.8) is 0 Å². The molecule has 0 aromatic heterocycles. The number of hydrogen-bond acceptors (Lipinski definition) is 4. The van der Waals surface area contributed by atoms with Gasteiger partial charge >= 0.3 is 5.97 Å². The lowest BCUT2D eigenvalue weighted by Crippen LogP contribution is -2.28. The van der Waals surface area contributed by atoms with Crippen LogP contribution in [0.3, 0.4) is 0 Å². The van der Waals surface area contributed by atoms with Crippen molar-refractivity contribution in [1.82, 2.24) is 0 Å². The molecule has 0 amide bonds. The molecule has 2 atom stereocenters. The molecule has 0 heterocycles. The smallest absolute Gasteiger partial charge is 0.310 e. The topological polar surface area (TPSA) is 61.5 Å². The highest BCUT2D eigenvalue weighted by Crippen LogP contribution is 2.27. The van der Waals surface area contributed by atoms with E-state index in [-0.39, 0.29) is 17.9 Å². The third-order valence-electron chi connectivity index (χ3n) is 3.18. The van der Waals surface area contributed by atoms with Gasteiger partial charge in [0.1, 0.15) is 5.75 Å². The van der Waals surface area contributed by atoms with Crippen LogP contribution in [0.15, 0.2) is 18.2 Å². The number of esters is 1. The Balaban J connectivity index is 2.98. The molecule has 0 radical (unpaired) electrons. The summed E-state index contributed by atoms with van der Waals surface area (Å²) in [5, 5.41) is 0. The molecule has 0 aliphatic rings. The van der Waals surface area contributed by atoms with Gasteiger partial charge in [-0.3, -0.25) is 4.79 Å². The van der Waals surface area contributed by atoms with Crippen molar-refractivity contribution >= 4 is 5.97 Å². The first-order chi connectivity index (χ1) is 8.54. The van der Waals surface area contributed by atoms with Gasteiger partial charge in [-0.2, -0.15) is 0 Å². The summed E-state index contributed by atoms with van der Waals surface area (Å²) in [6.45, 7) is 3.88. The minimum Gasteiger partial charge on any atom is -0.496 e. The van der Waals surface area contributed by atoms with Gasteiger partial charge in [-0.05, 0) is 30.5 Å². The average Bonchev–Trinajstić information content (AvgIpc) is 2.38. The van der Waals surface area contributed by atoms with Crippen LogP contribution in [-0.4, -0.2) is 20.2 Å². The van der Waals surface area contributed by atoms with Crippen molar-refractivity contribution < 1.29 is 14.3 Å². The second-order valence-electron chi connectivity index (χ2n) is 4.29. The van der Waals surface area contributed by atoms with Crippen molar-refractivity contribution in [3.05, 3.63) is 29.3 Å². The van der Waals surface area contributed by atoms with Crippen molar-refractivity contribution in [3.8, 4) is 5.75 Å². The molecule has 1 aromatic rings. The van der Waals surface area contributed by atoms with Gasteiger partial charge in [0.2, 0.25) is 0 Å². The summed E-state index contributed by atoms with van der Waals surface area (Å²) in [5.74, 6) is 0.235. The van der Waals surface area contributed by atoms with E-state index in [1.807, 2.05) is 32.0 Å². The second kappa shape index (κ2) is 6.40. The third-order valence-corrected chi connectivity index (χ3v) is 3.18. The lowest BCUT2D eigenvalue weighted by atomic mass is 9.91. The molecule has 1 rings (SSSR count). The first-order valence-corrected chi connectivity index (χ1v) is 6.03. The maximum Gasteiger partial charge on any atom is 0.310 e. The SMILES string of the molecule is CCC(C(=O)OC)C(N)c1ccc(OC)c(C)c1. The van der Waals surface area contributed by atoms with Gasteiger partial charge in [0, 0.05) is 6.04 Å². The summed E-state index contributed by atoms with van der Waals surface area (Å²) in [6.07, 6.45) is 0.652. The molecular weight excluding hydrogens is 230 g/mol. The van der Waals surface area contributed by atoms with Crippen LogP contribution in [0.1, 0.15) is 30.5 Å². The molecular formula is C14H21NO3. The van der Waals surface area contributed by atoms with E-state index in [1.54, 1.807) is 7.11 Å². The molecule has 1 aromatic carbocycles. The monoisotopic (exact) mass is 251 g/mol. The van der Waals surface area contributed by atoms with E-state index in [1.165, 1.54) is 7.11 Å². The largest absolute Gasteiger partial charge is 0.496 e. The van der Waals surface area contributed by atoms with Crippen molar-refractivity contribution in [1.29, 1.82) is 0 Å². The maximum absolute atomic E-state index is 11.6. The lowest BCUT2D eigenvalue weighted by molar-refractivity contribution is -0.146. The first-order valence-electron chi connectivity index (χ1n) is 6.03. The zero-order valence-electron chi connectivity index (χ0n) is 11.4. The van der Waals surface area contributed by atoms with Crippen molar-refractivity contribution in [2.24, 2.45) is 11.7 Å². The van der Waals surface area contributed by atoms with Crippen LogP contribution >= 0.6 is 0 Å². The molecule has 2 unspecified atom stereocenters. The Bertz CT molecular complexity index is 418. The average molecular weight is 251 g/mol. The first kappa shape index (κ1) is 14.5. The van der Waals surface area contributed by atoms with E-state index in [0.29, 0.717) is 6.42 Å². The van der Waals surface area contributed by atoms with Gasteiger partial charge in [0.05, 0.1) is 20.1 Å². The molecule has 2 N–H and O–H groups in total. The molecule has 0 saturated carbocycles. The number of hydrogen-bond donors (Lipinski definition) is 1. The highest BCUT2D eigenvalue weighted by atomic mass is 16.5. The highest BCUT2D eigenvalue weighted by molar-refractivity contribution is 5.73. The molecule has 0 spiro atoms. The van der Waals surface area contributed by atoms with Crippen molar-refractivity contribution in [2.75, 3.05) is 14.2 Å². The van der Waals surface area contributed by atoms with Gasteiger partial charge in [-0.1, -0.05) is 19.1 Å². The minimum absolute atomic E-state index is 0.265. The number of methoxy groups -OCH3 is 2. The summed E-state index contributed by atoms with van der Waals surface area (Å²) in [5.41, 5.74) is 8.07. The third kappa shape index (κ3) is 3.01. The Hall–Kier alpha value is -1.55. The zero-order valence-corrected chi connectivity index (χ0v) is 11.4. The van der Waals surface area contributed by atoms with Gasteiger partial charge < -0.3 is 15.2 Å². The fraction of sp³-hybridized carbons (Fsp3) is 0.500. The number of carbonyl (C=O) groups excluding carboxylic acids is 1. The van der Waals surface area contributed by atoms with E-state index in [0.717, 1.165) is 16.9 Å². The molecule has 0 aliphatic carbocycles. The van der Waals surface area contributed by atoms with Crippen LogP contribution in [0.5, 0.6) is 5.75 Å². The fourth-order valence-electron chi connectivity index (χ4n) is 2.06. The molecule has 4 heteroatoms. The molecule has 18 heavy (non-hydrogen) atoms. The number of ether oxygens (including phenoxy) is 2. The van der Waals surface area contributed by atoms with Gasteiger partial charge in [0.15, 0.2) is 0 Å². The van der Waals surface area contributed by atoms with Gasteiger partial charge in [-0.15, -0.1) is 0 Å². The van der Waals surface area contributed by atoms with Crippen molar-refractivity contribution in [2.45, 2.75) is 26.3 Å². The highest BCUT2D eigenvalue weighted by Gasteiger charge is 2.26. The number of aryl methyl sites for hydroxylation is 1. The predicted molar refractivity (Wildman–Crippen MR) is 70.5 cm³/mol. The summed E-state index contributed by atoms with van der Waals surface area (Å²) in [6, 6.07) is 5.36. The predicted octanol–water partition coefficient (Wildman–Crippen LogP) is 2.20. The van der Waals surface area contributed by atoms with Crippen LogP contribution < -0.4 is 10.5 Å². The van der Waals surface area contributed by atoms with Gasteiger partial charge in [0.25, 0.3) is 0 Å². The zero-order chi connectivity index (χ0) is 13.7. The van der Waals surface area contributed by atoms with E-state index < -0.39 is 0 Å². The Morgan fingerprint density at radius 3 is 2.50 bits per heavy atom. The van der Waals surface area contributed by atoms with E-state index in [9.17, 15) is 4.79 Å². The van der Waals surface area contributed by atoms with Crippen LogP contribution in [0.25, 0.3) is 0 Å². The summed E-state index contributed by atoms with van der Waals surface area (Å²) in [7, 11) is 3.02. The summed E-state index contributed by atoms with van der Waals surface area (Å²) < 4.78 is 9.98. The molecule has 0 bridgehead atoms. The molecule has 4 nitrogen and oxygen atoms in total. The number of nitrogens with two attached hydrogens (primary N) is 1. The van der Waals surface area contributed by atoms with Crippen LogP contribution in [-0.2, 0) is 9.53 Å². The van der Waals surface area contributed by atoms with Gasteiger partial charge in [-0.25, -0.2) is 0 Å². The Kier molecular flexibility index (Phi) is 5.16. The van der Waals surface area contributed by atoms with Crippen LogP contribution in [0.2, 0.25) is 0 Å². The lowest BCUT2D eigenvalue weighted by Gasteiger charge is -2.21. The summed E-state index contributed by atoms with van der Waals surface area (Å²) >= 11 is 0. The van der Waals surface area contributed by atoms with Crippen LogP contribution in [0, 0.1) is 12.8 Å². The number of benzene rings is 1. The Labute approximate surface area is 108 Å². The Morgan fingerprint density at radius 1 is 1.39 bits per heavy atom. The fourth-order valence-corrected chi connectivity index (χ4v) is 2.06. The number of carbonyl (C=O) groups is 1. The molecule has 0 fully saturated rings. The summed E-state index contributed by atoms with van der Waals surface area (Å²) in [4.78, 5) is 11.6. The molecule has 0 aliphatic heterocycles. The molecule has 100 valence electrons. The quantitative estimate of drug-likeness (QED) is 0.815. The van der Waals surface area contributed by atoms with E-state index in [4.69, 9.17) is 15.2 Å². The number of rotatable bonds is 5. The van der Waals surface area contributed by atoms with E-state index in [2.05, 4.69) is 0 Å². The maximum atomic E-state index is 11.6. The van der Waals surface area contributed by atoms with Crippen LogP contribution in [0.4, 0.5) is 0 Å². The Morgan fingerprint density at radius 2 is 2.06 bits per heavy atom.